The van der Waals surface area contributed by atoms with Crippen molar-refractivity contribution in [2.45, 2.75) is 6.92 Å². The maximum Gasteiger partial charge on any atom is 0.522 e. The van der Waals surface area contributed by atoms with Gasteiger partial charge in [0.1, 0.15) is 0 Å². The van der Waals surface area contributed by atoms with Crippen LogP contribution in [0, 0.1) is 6.92 Å². The standard InChI is InChI=1S/C9H13N5/c1-6-3-2-4-7(5-6)13-9(12)14-8(10)11/h2-5H,1H3,(H6,10,11,12,13,14)/p+2. The van der Waals surface area contributed by atoms with E-state index in [2.05, 4.69) is 9.98 Å². The number of benzene rings is 1. The number of aryl methyl sites for hydroxylation is 1. The summed E-state index contributed by atoms with van der Waals surface area (Å²) in [5, 5.41) is 0. The Kier molecular flexibility index (Phi) is 3.06. The van der Waals surface area contributed by atoms with Crippen LogP contribution >= 0.6 is 0 Å². The highest BCUT2D eigenvalue weighted by Crippen LogP contribution is 2.01. The summed E-state index contributed by atoms with van der Waals surface area (Å²) >= 11 is 0. The minimum absolute atomic E-state index is 0.0580. The van der Waals surface area contributed by atoms with Crippen molar-refractivity contribution in [1.82, 2.24) is 0 Å². The van der Waals surface area contributed by atoms with E-state index in [0.29, 0.717) is 5.96 Å². The van der Waals surface area contributed by atoms with Gasteiger partial charge in [-0.05, 0) is 24.6 Å². The first kappa shape index (κ1) is 10.0. The Balaban J connectivity index is 2.92. The van der Waals surface area contributed by atoms with Gasteiger partial charge >= 0.3 is 5.96 Å². The third-order valence-corrected chi connectivity index (χ3v) is 1.58. The molecule has 0 aliphatic heterocycles. The van der Waals surface area contributed by atoms with Crippen LogP contribution in [0.3, 0.4) is 0 Å². The molecule has 74 valence electrons. The second kappa shape index (κ2) is 4.27. The molecule has 5 heteroatoms. The number of hydrogen-bond donors (Lipinski definition) is 5. The number of hydrogen-bond acceptors (Lipinski definition) is 0. The fraction of sp³-hybridized carbons (Fsp3) is 0.111. The third-order valence-electron chi connectivity index (χ3n) is 1.58. The number of guanidine groups is 2. The van der Waals surface area contributed by atoms with Crippen molar-refractivity contribution < 1.29 is 9.98 Å². The van der Waals surface area contributed by atoms with Crippen molar-refractivity contribution in [1.29, 1.82) is 0 Å². The fourth-order valence-corrected chi connectivity index (χ4v) is 1.07. The molecule has 1 aromatic carbocycles. The minimum Gasteiger partial charge on any atom is -0.345 e. The summed E-state index contributed by atoms with van der Waals surface area (Å²) in [5.74, 6) is 0.359. The summed E-state index contributed by atoms with van der Waals surface area (Å²) in [6.45, 7) is 2.00. The lowest BCUT2D eigenvalue weighted by molar-refractivity contribution is -0.459. The largest absolute Gasteiger partial charge is 0.522 e. The van der Waals surface area contributed by atoms with Gasteiger partial charge in [0.15, 0.2) is 5.69 Å². The van der Waals surface area contributed by atoms with Crippen LogP contribution in [-0.4, -0.2) is 11.9 Å². The molecule has 0 heterocycles. The lowest BCUT2D eigenvalue weighted by atomic mass is 10.2. The maximum absolute atomic E-state index is 5.57. The first-order valence-electron chi connectivity index (χ1n) is 4.19. The van der Waals surface area contributed by atoms with Crippen molar-refractivity contribution in [3.63, 3.8) is 0 Å². The molecule has 0 saturated carbocycles. The smallest absolute Gasteiger partial charge is 0.345 e. The fourth-order valence-electron chi connectivity index (χ4n) is 1.07. The minimum atomic E-state index is 0.0580. The van der Waals surface area contributed by atoms with Crippen LogP contribution in [0.15, 0.2) is 24.3 Å². The molecule has 0 saturated heterocycles. The van der Waals surface area contributed by atoms with Crippen LogP contribution in [0.4, 0.5) is 5.69 Å². The number of nitrogens with one attached hydrogen (secondary N) is 2. The van der Waals surface area contributed by atoms with Gasteiger partial charge in [0.25, 0.3) is 5.96 Å². The monoisotopic (exact) mass is 193 g/mol. The summed E-state index contributed by atoms with van der Waals surface area (Å²) in [4.78, 5) is 5.48. The molecule has 0 atom stereocenters. The van der Waals surface area contributed by atoms with Crippen molar-refractivity contribution >= 4 is 17.6 Å². The van der Waals surface area contributed by atoms with Gasteiger partial charge in [-0.3, -0.25) is 0 Å². The zero-order chi connectivity index (χ0) is 10.6. The summed E-state index contributed by atoms with van der Waals surface area (Å²) in [6.07, 6.45) is 0. The average Bonchev–Trinajstić information content (AvgIpc) is 2.01. The first-order valence-corrected chi connectivity index (χ1v) is 4.19. The van der Waals surface area contributed by atoms with Gasteiger partial charge in [0.05, 0.1) is 0 Å². The molecule has 0 bridgehead atoms. The quantitative estimate of drug-likeness (QED) is 0.235. The molecule has 0 unspecified atom stereocenters. The summed E-state index contributed by atoms with van der Waals surface area (Å²) in [6, 6.07) is 7.79. The van der Waals surface area contributed by atoms with E-state index >= 15 is 0 Å². The zero-order valence-electron chi connectivity index (χ0n) is 8.04. The second-order valence-corrected chi connectivity index (χ2v) is 2.99. The summed E-state index contributed by atoms with van der Waals surface area (Å²) < 4.78 is 0. The predicted molar refractivity (Wildman–Crippen MR) is 55.3 cm³/mol. The van der Waals surface area contributed by atoms with E-state index in [4.69, 9.17) is 17.2 Å². The molecule has 0 radical (unpaired) electrons. The van der Waals surface area contributed by atoms with Gasteiger partial charge in [-0.2, -0.15) is 4.99 Å². The van der Waals surface area contributed by atoms with E-state index in [-0.39, 0.29) is 5.96 Å². The van der Waals surface area contributed by atoms with Crippen molar-refractivity contribution in [3.05, 3.63) is 29.8 Å². The third kappa shape index (κ3) is 3.14. The number of rotatable bonds is 1. The van der Waals surface area contributed by atoms with Crippen LogP contribution in [-0.2, 0) is 0 Å². The highest BCUT2D eigenvalue weighted by molar-refractivity contribution is 5.75. The topological polar surface area (TPSA) is 106 Å². The van der Waals surface area contributed by atoms with Crippen LogP contribution in [0.1, 0.15) is 5.56 Å². The van der Waals surface area contributed by atoms with Crippen LogP contribution in [0.25, 0.3) is 0 Å². The molecule has 0 aromatic heterocycles. The molecule has 8 N–H and O–H groups in total. The maximum atomic E-state index is 5.57. The average molecular weight is 193 g/mol. The van der Waals surface area contributed by atoms with E-state index in [1.54, 1.807) is 0 Å². The Labute approximate surface area is 82.3 Å². The Hall–Kier alpha value is -2.04. The van der Waals surface area contributed by atoms with Crippen LogP contribution in [0.2, 0.25) is 0 Å². The van der Waals surface area contributed by atoms with Gasteiger partial charge < -0.3 is 11.5 Å². The molecule has 0 fully saturated rings. The van der Waals surface area contributed by atoms with Crippen molar-refractivity contribution in [2.75, 3.05) is 0 Å². The van der Waals surface area contributed by atoms with E-state index < -0.39 is 0 Å². The molecule has 0 spiro atoms. The lowest BCUT2D eigenvalue weighted by Crippen LogP contribution is -2.96. The highest BCUT2D eigenvalue weighted by Gasteiger charge is 2.04. The molecule has 0 aliphatic rings. The molecule has 14 heavy (non-hydrogen) atoms. The molecule has 0 amide bonds. The van der Waals surface area contributed by atoms with Gasteiger partial charge in [0.2, 0.25) is 0 Å². The molecule has 5 nitrogen and oxygen atoms in total. The van der Waals surface area contributed by atoms with E-state index in [0.717, 1.165) is 11.3 Å². The molecule has 1 rings (SSSR count). The van der Waals surface area contributed by atoms with Crippen molar-refractivity contribution in [3.8, 4) is 0 Å². The highest BCUT2D eigenvalue weighted by atomic mass is 15.1. The Morgan fingerprint density at radius 1 is 1.21 bits per heavy atom. The zero-order valence-corrected chi connectivity index (χ0v) is 8.04. The number of nitrogens with two attached hydrogens (primary N) is 3. The SMILES string of the molecule is Cc1cccc([NH+]=C(N)[NH+]=C(N)N)c1. The van der Waals surface area contributed by atoms with Crippen LogP contribution < -0.4 is 27.2 Å². The normalized spacial score (nSPS) is 11.1. The van der Waals surface area contributed by atoms with Crippen molar-refractivity contribution in [2.24, 2.45) is 17.2 Å². The van der Waals surface area contributed by atoms with Crippen LogP contribution in [0.5, 0.6) is 0 Å². The second-order valence-electron chi connectivity index (χ2n) is 2.99. The Morgan fingerprint density at radius 3 is 2.50 bits per heavy atom. The van der Waals surface area contributed by atoms with Gasteiger partial charge in [-0.25, -0.2) is 5.73 Å². The Bertz CT molecular complexity index is 377. The molecular weight excluding hydrogens is 178 g/mol. The van der Waals surface area contributed by atoms with Gasteiger partial charge in [0, 0.05) is 0 Å². The van der Waals surface area contributed by atoms with E-state index in [9.17, 15) is 0 Å². The lowest BCUT2D eigenvalue weighted by Gasteiger charge is -1.90. The van der Waals surface area contributed by atoms with Gasteiger partial charge in [-0.15, -0.1) is 4.99 Å². The van der Waals surface area contributed by atoms with E-state index in [1.165, 1.54) is 0 Å². The van der Waals surface area contributed by atoms with Gasteiger partial charge in [-0.1, -0.05) is 12.1 Å². The van der Waals surface area contributed by atoms with E-state index in [1.807, 2.05) is 31.2 Å². The Morgan fingerprint density at radius 2 is 1.93 bits per heavy atom. The molecule has 1 aromatic rings. The molecular formula is C9H15N5+2. The summed E-state index contributed by atoms with van der Waals surface area (Å²) in [7, 11) is 0. The predicted octanol–water partition coefficient (Wildman–Crippen LogP) is -3.62. The first-order chi connectivity index (χ1) is 6.58. The molecule has 0 aliphatic carbocycles. The summed E-state index contributed by atoms with van der Waals surface area (Å²) in [5.41, 5.74) is 18.0.